The molecule has 0 spiro atoms. The first-order valence-corrected chi connectivity index (χ1v) is 9.22. The lowest BCUT2D eigenvalue weighted by molar-refractivity contribution is -0.142. The van der Waals surface area contributed by atoms with Gasteiger partial charge in [-0.25, -0.2) is 0 Å². The highest BCUT2D eigenvalue weighted by molar-refractivity contribution is 5.69. The number of hydrogen-bond donors (Lipinski definition) is 0. The second kappa shape index (κ2) is 11.0. The summed E-state index contributed by atoms with van der Waals surface area (Å²) in [4.78, 5) is 11.6. The Hall–Kier alpha value is -1.57. The van der Waals surface area contributed by atoms with Crippen LogP contribution in [0.1, 0.15) is 69.8 Å². The van der Waals surface area contributed by atoms with E-state index in [-0.39, 0.29) is 5.97 Å². The van der Waals surface area contributed by atoms with E-state index in [9.17, 15) is 4.79 Å². The molecule has 1 fully saturated rings. The zero-order valence-electron chi connectivity index (χ0n) is 14.2. The van der Waals surface area contributed by atoms with Crippen LogP contribution in [0.25, 0.3) is 6.08 Å². The Morgan fingerprint density at radius 3 is 2.43 bits per heavy atom. The Morgan fingerprint density at radius 1 is 1.00 bits per heavy atom. The van der Waals surface area contributed by atoms with Crippen molar-refractivity contribution < 1.29 is 9.53 Å². The standard InChI is InChI=1S/C21H30O2/c22-21(23-18-10-14-19-11-7-5-8-12-19)15-9-4-2-1-3-6-13-20-16-17-20/h5,7-8,10-12,14,20H,1-4,6,9,13,15-18H2. The van der Waals surface area contributed by atoms with Gasteiger partial charge in [0.15, 0.2) is 0 Å². The van der Waals surface area contributed by atoms with Crippen LogP contribution in [0.15, 0.2) is 36.4 Å². The van der Waals surface area contributed by atoms with E-state index in [2.05, 4.69) is 0 Å². The molecule has 1 aromatic carbocycles. The molecule has 2 rings (SSSR count). The van der Waals surface area contributed by atoms with E-state index in [0.29, 0.717) is 13.0 Å². The topological polar surface area (TPSA) is 26.3 Å². The molecule has 0 bridgehead atoms. The van der Waals surface area contributed by atoms with Crippen LogP contribution in [0.5, 0.6) is 0 Å². The number of rotatable bonds is 12. The monoisotopic (exact) mass is 314 g/mol. The third-order valence-electron chi connectivity index (χ3n) is 4.39. The van der Waals surface area contributed by atoms with Crippen molar-refractivity contribution in [1.82, 2.24) is 0 Å². The lowest BCUT2D eigenvalue weighted by atomic mass is 10.1. The van der Waals surface area contributed by atoms with Crippen LogP contribution >= 0.6 is 0 Å². The fourth-order valence-corrected chi connectivity index (χ4v) is 2.78. The lowest BCUT2D eigenvalue weighted by Crippen LogP contribution is -2.03. The van der Waals surface area contributed by atoms with Crippen LogP contribution in [0.4, 0.5) is 0 Å². The molecule has 23 heavy (non-hydrogen) atoms. The Kier molecular flexibility index (Phi) is 8.53. The first-order valence-electron chi connectivity index (χ1n) is 9.22. The quantitative estimate of drug-likeness (QED) is 0.361. The minimum atomic E-state index is -0.0727. The maximum Gasteiger partial charge on any atom is 0.306 e. The predicted octanol–water partition coefficient (Wildman–Crippen LogP) is 5.77. The van der Waals surface area contributed by atoms with Gasteiger partial charge in [0.1, 0.15) is 6.61 Å². The molecule has 0 N–H and O–H groups in total. The molecule has 0 aromatic heterocycles. The Bertz CT molecular complexity index is 460. The minimum Gasteiger partial charge on any atom is -0.461 e. The first kappa shape index (κ1) is 17.8. The van der Waals surface area contributed by atoms with Crippen molar-refractivity contribution >= 4 is 12.0 Å². The average molecular weight is 314 g/mol. The molecule has 1 saturated carbocycles. The fraction of sp³-hybridized carbons (Fsp3) is 0.571. The van der Waals surface area contributed by atoms with E-state index < -0.39 is 0 Å². The van der Waals surface area contributed by atoms with Gasteiger partial charge in [-0.1, -0.05) is 87.8 Å². The van der Waals surface area contributed by atoms with Crippen molar-refractivity contribution in [3.8, 4) is 0 Å². The third-order valence-corrected chi connectivity index (χ3v) is 4.39. The van der Waals surface area contributed by atoms with Gasteiger partial charge >= 0.3 is 5.97 Å². The van der Waals surface area contributed by atoms with Gasteiger partial charge in [-0.15, -0.1) is 0 Å². The van der Waals surface area contributed by atoms with Gasteiger partial charge < -0.3 is 4.74 Å². The van der Waals surface area contributed by atoms with Crippen LogP contribution in [0, 0.1) is 5.92 Å². The van der Waals surface area contributed by atoms with Crippen LogP contribution in [-0.2, 0) is 9.53 Å². The van der Waals surface area contributed by atoms with Crippen molar-refractivity contribution in [3.63, 3.8) is 0 Å². The summed E-state index contributed by atoms with van der Waals surface area (Å²) in [6.07, 6.45) is 16.3. The molecule has 0 radical (unpaired) electrons. The van der Waals surface area contributed by atoms with E-state index in [1.165, 1.54) is 44.9 Å². The Labute approximate surface area is 140 Å². The van der Waals surface area contributed by atoms with Gasteiger partial charge in [0.05, 0.1) is 0 Å². The summed E-state index contributed by atoms with van der Waals surface area (Å²) in [6.45, 7) is 0.370. The predicted molar refractivity (Wildman–Crippen MR) is 96.1 cm³/mol. The van der Waals surface area contributed by atoms with Crippen LogP contribution in [0.2, 0.25) is 0 Å². The van der Waals surface area contributed by atoms with E-state index in [4.69, 9.17) is 4.74 Å². The number of benzene rings is 1. The van der Waals surface area contributed by atoms with Gasteiger partial charge in [-0.05, 0) is 24.0 Å². The van der Waals surface area contributed by atoms with Crippen molar-refractivity contribution in [1.29, 1.82) is 0 Å². The third kappa shape index (κ3) is 9.22. The van der Waals surface area contributed by atoms with Crippen molar-refractivity contribution in [3.05, 3.63) is 42.0 Å². The maximum atomic E-state index is 11.6. The normalized spacial score (nSPS) is 14.3. The van der Waals surface area contributed by atoms with Crippen molar-refractivity contribution in [2.45, 2.75) is 64.2 Å². The first-order chi connectivity index (χ1) is 11.3. The summed E-state index contributed by atoms with van der Waals surface area (Å²) < 4.78 is 5.22. The number of hydrogen-bond acceptors (Lipinski definition) is 2. The zero-order chi connectivity index (χ0) is 16.2. The minimum absolute atomic E-state index is 0.0727. The molecule has 0 saturated heterocycles. The van der Waals surface area contributed by atoms with Gasteiger partial charge in [-0.2, -0.15) is 0 Å². The molecule has 1 aliphatic carbocycles. The zero-order valence-corrected chi connectivity index (χ0v) is 14.2. The van der Waals surface area contributed by atoms with Crippen molar-refractivity contribution in [2.24, 2.45) is 5.92 Å². The van der Waals surface area contributed by atoms with Crippen LogP contribution in [0.3, 0.4) is 0 Å². The number of ether oxygens (including phenoxy) is 1. The largest absolute Gasteiger partial charge is 0.461 e. The van der Waals surface area contributed by atoms with Gasteiger partial charge in [0.25, 0.3) is 0 Å². The molecule has 0 amide bonds. The average Bonchev–Trinajstić information content (AvgIpc) is 3.39. The van der Waals surface area contributed by atoms with Gasteiger partial charge in [0.2, 0.25) is 0 Å². The molecule has 2 nitrogen and oxygen atoms in total. The molecule has 2 heteroatoms. The summed E-state index contributed by atoms with van der Waals surface area (Å²) in [5, 5.41) is 0. The summed E-state index contributed by atoms with van der Waals surface area (Å²) in [5.41, 5.74) is 1.13. The molecule has 0 heterocycles. The fourth-order valence-electron chi connectivity index (χ4n) is 2.78. The van der Waals surface area contributed by atoms with Crippen LogP contribution in [-0.4, -0.2) is 12.6 Å². The van der Waals surface area contributed by atoms with E-state index >= 15 is 0 Å². The highest BCUT2D eigenvalue weighted by Crippen LogP contribution is 2.34. The molecule has 0 unspecified atom stereocenters. The highest BCUT2D eigenvalue weighted by atomic mass is 16.5. The van der Waals surface area contributed by atoms with E-state index in [0.717, 1.165) is 24.3 Å². The summed E-state index contributed by atoms with van der Waals surface area (Å²) >= 11 is 0. The van der Waals surface area contributed by atoms with Gasteiger partial charge in [0, 0.05) is 6.42 Å². The van der Waals surface area contributed by atoms with Gasteiger partial charge in [-0.3, -0.25) is 4.79 Å². The molecular formula is C21H30O2. The maximum absolute atomic E-state index is 11.6. The smallest absolute Gasteiger partial charge is 0.306 e. The molecular weight excluding hydrogens is 284 g/mol. The number of carbonyl (C=O) groups is 1. The number of esters is 1. The Balaban J connectivity index is 1.38. The highest BCUT2D eigenvalue weighted by Gasteiger charge is 2.19. The second-order valence-corrected chi connectivity index (χ2v) is 6.60. The lowest BCUT2D eigenvalue weighted by Gasteiger charge is -2.03. The second-order valence-electron chi connectivity index (χ2n) is 6.60. The number of carbonyl (C=O) groups excluding carboxylic acids is 1. The van der Waals surface area contributed by atoms with E-state index in [1.54, 1.807) is 0 Å². The Morgan fingerprint density at radius 2 is 1.70 bits per heavy atom. The van der Waals surface area contributed by atoms with Crippen LogP contribution < -0.4 is 0 Å². The molecule has 126 valence electrons. The summed E-state index contributed by atoms with van der Waals surface area (Å²) in [7, 11) is 0. The molecule has 0 aliphatic heterocycles. The molecule has 0 atom stereocenters. The molecule has 1 aliphatic rings. The number of unbranched alkanes of at least 4 members (excludes halogenated alkanes) is 5. The SMILES string of the molecule is O=C(CCCCCCCCC1CC1)OCC=Cc1ccccc1. The summed E-state index contributed by atoms with van der Waals surface area (Å²) in [6, 6.07) is 10.0. The summed E-state index contributed by atoms with van der Waals surface area (Å²) in [5.74, 6) is 0.997. The van der Waals surface area contributed by atoms with E-state index in [1.807, 2.05) is 42.5 Å². The van der Waals surface area contributed by atoms with Crippen molar-refractivity contribution in [2.75, 3.05) is 6.61 Å². The molecule has 1 aromatic rings.